The van der Waals surface area contributed by atoms with Gasteiger partial charge in [0.05, 0.1) is 18.1 Å². The number of fused-ring (bicyclic) bond motifs is 3. The van der Waals surface area contributed by atoms with Crippen molar-refractivity contribution in [3.05, 3.63) is 52.0 Å². The molecule has 0 saturated heterocycles. The topological polar surface area (TPSA) is 182 Å². The molecule has 0 spiro atoms. The predicted molar refractivity (Wildman–Crippen MR) is 110 cm³/mol. The van der Waals surface area contributed by atoms with E-state index in [-0.39, 0.29) is 17.7 Å². The van der Waals surface area contributed by atoms with Gasteiger partial charge in [-0.25, -0.2) is 0 Å². The van der Waals surface area contributed by atoms with Crippen molar-refractivity contribution in [3.8, 4) is 5.75 Å². The van der Waals surface area contributed by atoms with Gasteiger partial charge in [0.2, 0.25) is 0 Å². The number of carbonyl (C=O) groups excluding carboxylic acids is 3. The second-order valence-electron chi connectivity index (χ2n) is 8.73. The second kappa shape index (κ2) is 7.16. The molecule has 4 rings (SSSR count). The van der Waals surface area contributed by atoms with Crippen molar-refractivity contribution in [2.24, 2.45) is 17.6 Å². The fraction of sp³-hybridized carbons (Fsp3) is 0.409. The van der Waals surface area contributed by atoms with Gasteiger partial charge in [0.15, 0.2) is 11.4 Å². The molecule has 0 fully saturated rings. The smallest absolute Gasteiger partial charge is 0.255 e. The molecular weight excluding hydrogens is 420 g/mol. The Kier molecular flexibility index (Phi) is 4.92. The van der Waals surface area contributed by atoms with Crippen LogP contribution in [0.15, 0.2) is 40.9 Å². The molecule has 0 aliphatic heterocycles. The number of amides is 1. The van der Waals surface area contributed by atoms with Crippen LogP contribution in [0, 0.1) is 11.8 Å². The first-order valence-corrected chi connectivity index (χ1v) is 10.0. The van der Waals surface area contributed by atoms with Gasteiger partial charge in [-0.15, -0.1) is 0 Å². The van der Waals surface area contributed by atoms with Gasteiger partial charge in [-0.2, -0.15) is 0 Å². The Morgan fingerprint density at radius 1 is 1.22 bits per heavy atom. The lowest BCUT2D eigenvalue weighted by Crippen LogP contribution is -2.67. The number of ketones is 1. The molecule has 7 N–H and O–H groups in total. The normalized spacial score (nSPS) is 34.2. The van der Waals surface area contributed by atoms with E-state index in [4.69, 9.17) is 5.73 Å². The van der Waals surface area contributed by atoms with Crippen molar-refractivity contribution < 1.29 is 39.9 Å². The number of hydrogen-bond acceptors (Lipinski definition) is 9. The highest BCUT2D eigenvalue weighted by molar-refractivity contribution is 6.22. The van der Waals surface area contributed by atoms with Crippen LogP contribution in [0.5, 0.6) is 5.75 Å². The summed E-state index contributed by atoms with van der Waals surface area (Å²) in [6.07, 6.45) is -1.14. The van der Waals surface area contributed by atoms with E-state index in [2.05, 4.69) is 0 Å². The number of aldehydes is 1. The number of carbonyl (C=O) groups is 3. The summed E-state index contributed by atoms with van der Waals surface area (Å²) < 4.78 is 0. The van der Waals surface area contributed by atoms with E-state index in [1.54, 1.807) is 12.1 Å². The number of aliphatic hydroxyl groups excluding tert-OH is 3. The van der Waals surface area contributed by atoms with Crippen LogP contribution in [-0.2, 0) is 20.8 Å². The van der Waals surface area contributed by atoms with Gasteiger partial charge in [0, 0.05) is 23.8 Å². The van der Waals surface area contributed by atoms with Gasteiger partial charge in [0.25, 0.3) is 5.91 Å². The maximum Gasteiger partial charge on any atom is 0.255 e. The number of nitrogens with zero attached hydrogens (tertiary/aromatic N) is 1. The van der Waals surface area contributed by atoms with E-state index in [0.717, 1.165) is 0 Å². The number of benzene rings is 1. The molecule has 6 unspecified atom stereocenters. The van der Waals surface area contributed by atoms with E-state index in [0.29, 0.717) is 17.4 Å². The van der Waals surface area contributed by atoms with Crippen molar-refractivity contribution in [2.75, 3.05) is 14.1 Å². The van der Waals surface area contributed by atoms with Crippen LogP contribution in [-0.4, -0.2) is 80.3 Å². The zero-order valence-corrected chi connectivity index (χ0v) is 17.4. The lowest BCUT2D eigenvalue weighted by Gasteiger charge is -2.53. The molecule has 3 aliphatic carbocycles. The minimum Gasteiger partial charge on any atom is -0.509 e. The molecule has 0 bridgehead atoms. The lowest BCUT2D eigenvalue weighted by molar-refractivity contribution is -0.153. The largest absolute Gasteiger partial charge is 0.509 e. The fourth-order valence-electron chi connectivity index (χ4n) is 5.60. The first kappa shape index (κ1) is 22.0. The van der Waals surface area contributed by atoms with Crippen LogP contribution in [0.3, 0.4) is 0 Å². The summed E-state index contributed by atoms with van der Waals surface area (Å²) in [5.74, 6) is -7.82. The monoisotopic (exact) mass is 444 g/mol. The van der Waals surface area contributed by atoms with Crippen LogP contribution >= 0.6 is 0 Å². The molecule has 1 aromatic rings. The minimum atomic E-state index is -2.70. The summed E-state index contributed by atoms with van der Waals surface area (Å²) in [6, 6.07) is 3.23. The van der Waals surface area contributed by atoms with Crippen LogP contribution in [0.2, 0.25) is 0 Å². The SMILES string of the molecule is CN(C)C1C(=O)C(C(N)=O)=C(O)C2(O)C(O)=C3Cc4c(O)cccc4C(C=O)C3C(O)C12. The van der Waals surface area contributed by atoms with E-state index in [1.807, 2.05) is 0 Å². The summed E-state index contributed by atoms with van der Waals surface area (Å²) in [5, 5.41) is 55.3. The maximum atomic E-state index is 13.0. The number of phenols is 1. The molecule has 32 heavy (non-hydrogen) atoms. The molecular formula is C22H24N2O8. The average molecular weight is 444 g/mol. The molecule has 0 radical (unpaired) electrons. The Morgan fingerprint density at radius 2 is 1.88 bits per heavy atom. The van der Waals surface area contributed by atoms with Gasteiger partial charge >= 0.3 is 0 Å². The van der Waals surface area contributed by atoms with Crippen LogP contribution in [0.25, 0.3) is 0 Å². The highest BCUT2D eigenvalue weighted by atomic mass is 16.4. The third-order valence-electron chi connectivity index (χ3n) is 6.99. The Morgan fingerprint density at radius 3 is 2.44 bits per heavy atom. The molecule has 1 aromatic carbocycles. The van der Waals surface area contributed by atoms with Crippen molar-refractivity contribution in [1.82, 2.24) is 4.90 Å². The Bertz CT molecular complexity index is 1110. The standard InChI is InChI=1S/C22H24N2O8/c1-24(2)16-15-17(27)13-10(6-9-8(11(13)7-25)4-3-5-12(9)26)19(29)22(15,32)20(30)14(18(16)28)21(23)31/h3-5,7,11,13,15-17,26-27,29-30,32H,6H2,1-2H3,(H2,23,31). The number of rotatable bonds is 3. The van der Waals surface area contributed by atoms with Gasteiger partial charge in [-0.3, -0.25) is 14.5 Å². The summed E-state index contributed by atoms with van der Waals surface area (Å²) in [6.45, 7) is 0. The number of hydrogen-bond donors (Lipinski definition) is 6. The number of nitrogens with two attached hydrogens (primary N) is 1. The van der Waals surface area contributed by atoms with Crippen LogP contribution in [0.1, 0.15) is 17.0 Å². The number of aliphatic hydroxyl groups is 4. The lowest BCUT2D eigenvalue weighted by atomic mass is 9.55. The zero-order chi connectivity index (χ0) is 23.7. The summed E-state index contributed by atoms with van der Waals surface area (Å²) in [7, 11) is 2.94. The van der Waals surface area contributed by atoms with Gasteiger partial charge in [0.1, 0.15) is 29.1 Å². The number of phenolic OH excluding ortho intramolecular Hbond substituents is 1. The molecule has 10 nitrogen and oxygen atoms in total. The van der Waals surface area contributed by atoms with E-state index in [1.165, 1.54) is 25.1 Å². The molecule has 3 aliphatic rings. The maximum absolute atomic E-state index is 13.0. The quantitative estimate of drug-likeness (QED) is 0.257. The Hall–Kier alpha value is -3.21. The van der Waals surface area contributed by atoms with Crippen LogP contribution < -0.4 is 5.73 Å². The van der Waals surface area contributed by atoms with Crippen molar-refractivity contribution >= 4 is 18.0 Å². The molecule has 0 heterocycles. The summed E-state index contributed by atoms with van der Waals surface area (Å²) in [5.41, 5.74) is 2.51. The molecule has 0 saturated carbocycles. The summed E-state index contributed by atoms with van der Waals surface area (Å²) >= 11 is 0. The second-order valence-corrected chi connectivity index (χ2v) is 8.73. The van der Waals surface area contributed by atoms with Crippen molar-refractivity contribution in [1.29, 1.82) is 0 Å². The summed E-state index contributed by atoms with van der Waals surface area (Å²) in [4.78, 5) is 38.4. The third kappa shape index (κ3) is 2.60. The number of primary amides is 1. The minimum absolute atomic E-state index is 0.0181. The molecule has 170 valence electrons. The van der Waals surface area contributed by atoms with Gasteiger partial charge in [-0.05, 0) is 31.3 Å². The molecule has 1 amide bonds. The Labute approximate surface area is 182 Å². The molecule has 10 heteroatoms. The predicted octanol–water partition coefficient (Wildman–Crippen LogP) is -0.809. The van der Waals surface area contributed by atoms with Crippen LogP contribution in [0.4, 0.5) is 0 Å². The average Bonchev–Trinajstić information content (AvgIpc) is 2.72. The van der Waals surface area contributed by atoms with E-state index in [9.17, 15) is 39.9 Å². The zero-order valence-electron chi connectivity index (χ0n) is 17.4. The highest BCUT2D eigenvalue weighted by Gasteiger charge is 2.65. The molecule has 6 atom stereocenters. The molecule has 0 aromatic heterocycles. The number of aromatic hydroxyl groups is 1. The first-order chi connectivity index (χ1) is 15.0. The Balaban J connectivity index is 2.06. The van der Waals surface area contributed by atoms with Gasteiger partial charge in [-0.1, -0.05) is 12.1 Å². The number of likely N-dealkylation sites (N-methyl/N-ethyl adjacent to an activating group) is 1. The van der Waals surface area contributed by atoms with Crippen molar-refractivity contribution in [3.63, 3.8) is 0 Å². The first-order valence-electron chi connectivity index (χ1n) is 10.0. The highest BCUT2D eigenvalue weighted by Crippen LogP contribution is 2.55. The van der Waals surface area contributed by atoms with Gasteiger partial charge < -0.3 is 36.1 Å². The van der Waals surface area contributed by atoms with E-state index >= 15 is 0 Å². The number of Topliss-reactive ketones (excluding diaryl/α,β-unsaturated/α-hetero) is 1. The third-order valence-corrected chi connectivity index (χ3v) is 6.99. The van der Waals surface area contributed by atoms with Crippen molar-refractivity contribution in [2.45, 2.75) is 30.1 Å². The van der Waals surface area contributed by atoms with E-state index < -0.39 is 64.3 Å². The fourth-order valence-corrected chi connectivity index (χ4v) is 5.60.